The molecule has 0 fully saturated rings. The molecular weight excluding hydrogens is 324 g/mol. The predicted octanol–water partition coefficient (Wildman–Crippen LogP) is 4.91. The average Bonchev–Trinajstić information content (AvgIpc) is 2.95. The third kappa shape index (κ3) is 3.96. The molecule has 4 nitrogen and oxygen atoms in total. The van der Waals surface area contributed by atoms with E-state index in [1.165, 1.54) is 22.2 Å². The van der Waals surface area contributed by atoms with Crippen LogP contribution >= 0.6 is 0 Å². The molecule has 2 aromatic heterocycles. The first-order valence-electron chi connectivity index (χ1n) is 9.34. The zero-order valence-electron chi connectivity index (χ0n) is 15.6. The molecule has 136 valence electrons. The smallest absolute Gasteiger partial charge is 0.305 e. The second-order valence-electron chi connectivity index (χ2n) is 6.51. The SMILES string of the molecule is CCOC(=O)CCCCCc1c(-c2cccnc2)n(C)c2ccccc12. The molecule has 0 unspecified atom stereocenters. The Hall–Kier alpha value is -2.62. The standard InChI is InChI=1S/C22H26N2O2/c1-3-26-21(25)14-6-4-5-12-19-18-11-7-8-13-20(18)24(2)22(19)17-10-9-15-23-16-17/h7-11,13,15-16H,3-6,12,14H2,1-2H3. The highest BCUT2D eigenvalue weighted by Gasteiger charge is 2.16. The monoisotopic (exact) mass is 350 g/mol. The van der Waals surface area contributed by atoms with Crippen molar-refractivity contribution in [2.75, 3.05) is 6.61 Å². The number of aryl methyl sites for hydroxylation is 2. The maximum atomic E-state index is 11.5. The van der Waals surface area contributed by atoms with Crippen molar-refractivity contribution in [3.8, 4) is 11.3 Å². The maximum absolute atomic E-state index is 11.5. The average molecular weight is 350 g/mol. The molecule has 4 heteroatoms. The number of pyridine rings is 1. The van der Waals surface area contributed by atoms with E-state index in [9.17, 15) is 4.79 Å². The number of benzene rings is 1. The van der Waals surface area contributed by atoms with Crippen LogP contribution in [0.1, 0.15) is 38.2 Å². The largest absolute Gasteiger partial charge is 0.466 e. The predicted molar refractivity (Wildman–Crippen MR) is 105 cm³/mol. The summed E-state index contributed by atoms with van der Waals surface area (Å²) in [5, 5.41) is 1.30. The number of rotatable bonds is 8. The van der Waals surface area contributed by atoms with Crippen LogP contribution in [0.4, 0.5) is 0 Å². The Morgan fingerprint density at radius 1 is 1.12 bits per heavy atom. The topological polar surface area (TPSA) is 44.1 Å². The van der Waals surface area contributed by atoms with Crippen molar-refractivity contribution < 1.29 is 9.53 Å². The van der Waals surface area contributed by atoms with Gasteiger partial charge in [-0.25, -0.2) is 0 Å². The highest BCUT2D eigenvalue weighted by atomic mass is 16.5. The number of nitrogens with zero attached hydrogens (tertiary/aromatic N) is 2. The van der Waals surface area contributed by atoms with Crippen LogP contribution < -0.4 is 0 Å². The van der Waals surface area contributed by atoms with Gasteiger partial charge in [0.15, 0.2) is 0 Å². The number of para-hydroxylation sites is 1. The number of unbranched alkanes of at least 4 members (excludes halogenated alkanes) is 2. The zero-order chi connectivity index (χ0) is 18.4. The Morgan fingerprint density at radius 2 is 1.96 bits per heavy atom. The quantitative estimate of drug-likeness (QED) is 0.428. The van der Waals surface area contributed by atoms with E-state index in [4.69, 9.17) is 4.74 Å². The summed E-state index contributed by atoms with van der Waals surface area (Å²) in [5.41, 5.74) is 5.00. The first kappa shape index (κ1) is 18.2. The Morgan fingerprint density at radius 3 is 2.73 bits per heavy atom. The van der Waals surface area contributed by atoms with Crippen molar-refractivity contribution in [2.24, 2.45) is 7.05 Å². The molecule has 26 heavy (non-hydrogen) atoms. The van der Waals surface area contributed by atoms with E-state index in [2.05, 4.69) is 46.9 Å². The minimum atomic E-state index is -0.0892. The number of carbonyl (C=O) groups excluding carboxylic acids is 1. The summed E-state index contributed by atoms with van der Waals surface area (Å²) in [6, 6.07) is 12.6. The summed E-state index contributed by atoms with van der Waals surface area (Å²) in [6.45, 7) is 2.31. The number of esters is 1. The first-order valence-corrected chi connectivity index (χ1v) is 9.34. The van der Waals surface area contributed by atoms with Gasteiger partial charge in [-0.15, -0.1) is 0 Å². The molecule has 0 aliphatic heterocycles. The second-order valence-corrected chi connectivity index (χ2v) is 6.51. The summed E-state index contributed by atoms with van der Waals surface area (Å²) in [4.78, 5) is 15.8. The molecule has 0 spiro atoms. The van der Waals surface area contributed by atoms with Gasteiger partial charge >= 0.3 is 5.97 Å². The van der Waals surface area contributed by atoms with Crippen LogP contribution in [-0.2, 0) is 23.0 Å². The number of hydrogen-bond donors (Lipinski definition) is 0. The summed E-state index contributed by atoms with van der Waals surface area (Å²) < 4.78 is 7.26. The van der Waals surface area contributed by atoms with E-state index in [1.54, 1.807) is 6.20 Å². The summed E-state index contributed by atoms with van der Waals surface area (Å²) in [7, 11) is 2.12. The van der Waals surface area contributed by atoms with Gasteiger partial charge in [0.1, 0.15) is 0 Å². The van der Waals surface area contributed by atoms with Gasteiger partial charge < -0.3 is 9.30 Å². The minimum absolute atomic E-state index is 0.0892. The van der Waals surface area contributed by atoms with Crippen molar-refractivity contribution in [1.29, 1.82) is 0 Å². The fourth-order valence-corrected chi connectivity index (χ4v) is 3.58. The van der Waals surface area contributed by atoms with E-state index in [0.29, 0.717) is 13.0 Å². The van der Waals surface area contributed by atoms with Gasteiger partial charge in [-0.2, -0.15) is 0 Å². The van der Waals surface area contributed by atoms with Gasteiger partial charge in [-0.3, -0.25) is 9.78 Å². The third-order valence-electron chi connectivity index (χ3n) is 4.76. The molecular formula is C22H26N2O2. The Balaban J connectivity index is 1.78. The lowest BCUT2D eigenvalue weighted by atomic mass is 10.00. The molecule has 0 aliphatic carbocycles. The van der Waals surface area contributed by atoms with Gasteiger partial charge in [0, 0.05) is 42.3 Å². The molecule has 0 amide bonds. The van der Waals surface area contributed by atoms with Crippen molar-refractivity contribution in [2.45, 2.75) is 39.0 Å². The van der Waals surface area contributed by atoms with Crippen molar-refractivity contribution in [1.82, 2.24) is 9.55 Å². The van der Waals surface area contributed by atoms with Crippen LogP contribution in [-0.4, -0.2) is 22.1 Å². The van der Waals surface area contributed by atoms with Crippen molar-refractivity contribution >= 4 is 16.9 Å². The van der Waals surface area contributed by atoms with Gasteiger partial charge in [0.25, 0.3) is 0 Å². The molecule has 0 saturated carbocycles. The molecule has 0 aliphatic rings. The zero-order valence-corrected chi connectivity index (χ0v) is 15.6. The molecule has 1 aromatic carbocycles. The molecule has 0 N–H and O–H groups in total. The van der Waals surface area contributed by atoms with Crippen molar-refractivity contribution in [3.05, 3.63) is 54.4 Å². The van der Waals surface area contributed by atoms with E-state index in [-0.39, 0.29) is 5.97 Å². The van der Waals surface area contributed by atoms with Crippen LogP contribution in [0.15, 0.2) is 48.8 Å². The van der Waals surface area contributed by atoms with E-state index in [0.717, 1.165) is 31.2 Å². The van der Waals surface area contributed by atoms with Gasteiger partial charge in [-0.05, 0) is 49.9 Å². The number of ether oxygens (including phenoxy) is 1. The van der Waals surface area contributed by atoms with Gasteiger partial charge in [0.05, 0.1) is 12.3 Å². The Bertz CT molecular complexity index is 868. The first-order chi connectivity index (χ1) is 12.7. The molecule has 0 bridgehead atoms. The maximum Gasteiger partial charge on any atom is 0.305 e. The molecule has 0 saturated heterocycles. The van der Waals surface area contributed by atoms with E-state index >= 15 is 0 Å². The summed E-state index contributed by atoms with van der Waals surface area (Å²) in [6.07, 6.45) is 8.20. The highest BCUT2D eigenvalue weighted by molar-refractivity contribution is 5.91. The van der Waals surface area contributed by atoms with E-state index in [1.807, 2.05) is 19.2 Å². The second kappa shape index (κ2) is 8.65. The fraction of sp³-hybridized carbons (Fsp3) is 0.364. The molecule has 3 aromatic rings. The van der Waals surface area contributed by atoms with Crippen LogP contribution in [0.2, 0.25) is 0 Å². The van der Waals surface area contributed by atoms with E-state index < -0.39 is 0 Å². The molecule has 0 atom stereocenters. The number of aromatic nitrogens is 2. The van der Waals surface area contributed by atoms with Crippen LogP contribution in [0.3, 0.4) is 0 Å². The van der Waals surface area contributed by atoms with Crippen LogP contribution in [0, 0.1) is 0 Å². The lowest BCUT2D eigenvalue weighted by molar-refractivity contribution is -0.143. The van der Waals surface area contributed by atoms with Crippen LogP contribution in [0.25, 0.3) is 22.2 Å². The molecule has 2 heterocycles. The molecule has 0 radical (unpaired) electrons. The number of carbonyl (C=O) groups is 1. The number of hydrogen-bond acceptors (Lipinski definition) is 3. The lowest BCUT2D eigenvalue weighted by Crippen LogP contribution is -2.03. The summed E-state index contributed by atoms with van der Waals surface area (Å²) in [5.74, 6) is -0.0892. The van der Waals surface area contributed by atoms with Crippen molar-refractivity contribution in [3.63, 3.8) is 0 Å². The van der Waals surface area contributed by atoms with Gasteiger partial charge in [0.2, 0.25) is 0 Å². The summed E-state index contributed by atoms with van der Waals surface area (Å²) >= 11 is 0. The van der Waals surface area contributed by atoms with Crippen LogP contribution in [0.5, 0.6) is 0 Å². The normalized spacial score (nSPS) is 11.0. The highest BCUT2D eigenvalue weighted by Crippen LogP contribution is 2.33. The Kier molecular flexibility index (Phi) is 6.05. The lowest BCUT2D eigenvalue weighted by Gasteiger charge is -2.08. The number of fused-ring (bicyclic) bond motifs is 1. The third-order valence-corrected chi connectivity index (χ3v) is 4.76. The molecule has 3 rings (SSSR count). The minimum Gasteiger partial charge on any atom is -0.466 e. The fourth-order valence-electron chi connectivity index (χ4n) is 3.58. The Labute approximate surface area is 154 Å². The van der Waals surface area contributed by atoms with Gasteiger partial charge in [-0.1, -0.05) is 24.6 Å².